The van der Waals surface area contributed by atoms with Crippen molar-refractivity contribution in [1.29, 1.82) is 0 Å². The molecule has 3 nitrogen and oxygen atoms in total. The van der Waals surface area contributed by atoms with Crippen molar-refractivity contribution in [3.05, 3.63) is 49.6 Å². The third-order valence-corrected chi connectivity index (χ3v) is 1.63. The molecule has 0 saturated heterocycles. The number of rotatable bonds is 6. The molecule has 3 heteroatoms. The molecule has 15 heavy (non-hydrogen) atoms. The summed E-state index contributed by atoms with van der Waals surface area (Å²) in [5.74, 6) is 1.20. The number of aliphatic hydroxyl groups excluding tert-OH is 1. The van der Waals surface area contributed by atoms with Gasteiger partial charge in [0.1, 0.15) is 18.1 Å². The molecule has 0 aliphatic rings. The first-order valence-electron chi connectivity index (χ1n) is 4.57. The van der Waals surface area contributed by atoms with Crippen molar-refractivity contribution < 1.29 is 14.6 Å². The quantitative estimate of drug-likeness (QED) is 0.572. The SMILES string of the molecule is C=CCOc1cccc(O[C@H](O)C=C)c1. The molecule has 0 bridgehead atoms. The summed E-state index contributed by atoms with van der Waals surface area (Å²) in [6.07, 6.45) is 1.96. The van der Waals surface area contributed by atoms with E-state index in [4.69, 9.17) is 9.47 Å². The standard InChI is InChI=1S/C12H14O3/c1-3-8-14-10-6-5-7-11(9-10)15-12(13)4-2/h3-7,9,12-13H,1-2,8H2/t12-/m0/s1. The Labute approximate surface area is 89.3 Å². The van der Waals surface area contributed by atoms with Crippen LogP contribution in [0.4, 0.5) is 0 Å². The van der Waals surface area contributed by atoms with Gasteiger partial charge in [-0.05, 0) is 18.2 Å². The van der Waals surface area contributed by atoms with Crippen LogP contribution < -0.4 is 9.47 Å². The van der Waals surface area contributed by atoms with Gasteiger partial charge in [0.05, 0.1) is 0 Å². The minimum atomic E-state index is -1.00. The third-order valence-electron chi connectivity index (χ3n) is 1.63. The number of hydrogen-bond donors (Lipinski definition) is 1. The van der Waals surface area contributed by atoms with Gasteiger partial charge in [-0.3, -0.25) is 0 Å². The summed E-state index contributed by atoms with van der Waals surface area (Å²) < 4.78 is 10.4. The van der Waals surface area contributed by atoms with Gasteiger partial charge in [-0.2, -0.15) is 0 Å². The Kier molecular flexibility index (Phi) is 4.44. The zero-order valence-electron chi connectivity index (χ0n) is 8.43. The fourth-order valence-electron chi connectivity index (χ4n) is 0.980. The number of benzene rings is 1. The molecule has 1 aromatic rings. The molecular formula is C12H14O3. The van der Waals surface area contributed by atoms with Crippen LogP contribution in [-0.2, 0) is 0 Å². The molecule has 0 aromatic heterocycles. The molecule has 0 spiro atoms. The van der Waals surface area contributed by atoms with Crippen molar-refractivity contribution in [1.82, 2.24) is 0 Å². The second-order valence-corrected chi connectivity index (χ2v) is 2.82. The van der Waals surface area contributed by atoms with E-state index in [0.29, 0.717) is 18.1 Å². The van der Waals surface area contributed by atoms with Crippen LogP contribution in [0.1, 0.15) is 0 Å². The Morgan fingerprint density at radius 2 is 2.07 bits per heavy atom. The highest BCUT2D eigenvalue weighted by Crippen LogP contribution is 2.20. The number of ether oxygens (including phenoxy) is 2. The number of aliphatic hydroxyl groups is 1. The van der Waals surface area contributed by atoms with Crippen LogP contribution in [0.5, 0.6) is 11.5 Å². The maximum atomic E-state index is 9.18. The lowest BCUT2D eigenvalue weighted by Crippen LogP contribution is -2.11. The van der Waals surface area contributed by atoms with Gasteiger partial charge in [0.15, 0.2) is 0 Å². The van der Waals surface area contributed by atoms with E-state index in [2.05, 4.69) is 13.2 Å². The van der Waals surface area contributed by atoms with E-state index in [0.717, 1.165) is 0 Å². The minimum absolute atomic E-state index is 0.438. The van der Waals surface area contributed by atoms with E-state index in [9.17, 15) is 5.11 Å². The molecule has 0 amide bonds. The van der Waals surface area contributed by atoms with Gasteiger partial charge in [0.2, 0.25) is 6.29 Å². The van der Waals surface area contributed by atoms with Gasteiger partial charge < -0.3 is 14.6 Å². The number of hydrogen-bond acceptors (Lipinski definition) is 3. The molecule has 0 unspecified atom stereocenters. The summed E-state index contributed by atoms with van der Waals surface area (Å²) in [6, 6.07) is 7.00. The highest BCUT2D eigenvalue weighted by atomic mass is 16.6. The topological polar surface area (TPSA) is 38.7 Å². The summed E-state index contributed by atoms with van der Waals surface area (Å²) in [6.45, 7) is 7.40. The van der Waals surface area contributed by atoms with Crippen LogP contribution in [0, 0.1) is 0 Å². The van der Waals surface area contributed by atoms with Crippen molar-refractivity contribution in [3.8, 4) is 11.5 Å². The average Bonchev–Trinajstić information content (AvgIpc) is 2.26. The molecule has 0 aliphatic carbocycles. The molecule has 0 aliphatic heterocycles. The first-order valence-corrected chi connectivity index (χ1v) is 4.57. The van der Waals surface area contributed by atoms with Gasteiger partial charge in [-0.15, -0.1) is 0 Å². The molecule has 0 heterocycles. The van der Waals surface area contributed by atoms with Crippen molar-refractivity contribution in [2.45, 2.75) is 6.29 Å². The maximum absolute atomic E-state index is 9.18. The first kappa shape index (κ1) is 11.3. The predicted octanol–water partition coefficient (Wildman–Crippen LogP) is 2.13. The molecule has 0 radical (unpaired) electrons. The van der Waals surface area contributed by atoms with Gasteiger partial charge in [0, 0.05) is 6.07 Å². The van der Waals surface area contributed by atoms with Crippen molar-refractivity contribution in [2.24, 2.45) is 0 Å². The largest absolute Gasteiger partial charge is 0.489 e. The highest BCUT2D eigenvalue weighted by molar-refractivity contribution is 5.33. The lowest BCUT2D eigenvalue weighted by molar-refractivity contribution is 0.0249. The Bertz CT molecular complexity index is 333. The molecule has 1 aromatic carbocycles. The van der Waals surface area contributed by atoms with Crippen LogP contribution in [0.3, 0.4) is 0 Å². The smallest absolute Gasteiger partial charge is 0.216 e. The molecule has 1 atom stereocenters. The second-order valence-electron chi connectivity index (χ2n) is 2.82. The fraction of sp³-hybridized carbons (Fsp3) is 0.167. The zero-order valence-corrected chi connectivity index (χ0v) is 8.43. The van der Waals surface area contributed by atoms with Crippen LogP contribution >= 0.6 is 0 Å². The molecule has 1 N–H and O–H groups in total. The Balaban J connectivity index is 2.64. The van der Waals surface area contributed by atoms with Crippen molar-refractivity contribution in [2.75, 3.05) is 6.61 Å². The molecule has 0 saturated carbocycles. The average molecular weight is 206 g/mol. The van der Waals surface area contributed by atoms with E-state index in [1.54, 1.807) is 30.3 Å². The summed E-state index contributed by atoms with van der Waals surface area (Å²) >= 11 is 0. The summed E-state index contributed by atoms with van der Waals surface area (Å²) in [4.78, 5) is 0. The Hall–Kier alpha value is -1.74. The van der Waals surface area contributed by atoms with Gasteiger partial charge >= 0.3 is 0 Å². The van der Waals surface area contributed by atoms with Gasteiger partial charge in [-0.25, -0.2) is 0 Å². The van der Waals surface area contributed by atoms with E-state index in [1.165, 1.54) is 6.08 Å². The first-order chi connectivity index (χ1) is 7.26. The predicted molar refractivity (Wildman–Crippen MR) is 59.0 cm³/mol. The Morgan fingerprint density at radius 3 is 2.73 bits per heavy atom. The van der Waals surface area contributed by atoms with E-state index >= 15 is 0 Å². The molecule has 80 valence electrons. The molecule has 0 fully saturated rings. The zero-order chi connectivity index (χ0) is 11.1. The van der Waals surface area contributed by atoms with E-state index in [-0.39, 0.29) is 0 Å². The molecular weight excluding hydrogens is 192 g/mol. The lowest BCUT2D eigenvalue weighted by atomic mass is 10.3. The Morgan fingerprint density at radius 1 is 1.33 bits per heavy atom. The highest BCUT2D eigenvalue weighted by Gasteiger charge is 2.01. The summed E-state index contributed by atoms with van der Waals surface area (Å²) in [7, 11) is 0. The minimum Gasteiger partial charge on any atom is -0.489 e. The van der Waals surface area contributed by atoms with Crippen LogP contribution in [-0.4, -0.2) is 18.0 Å². The normalized spacial score (nSPS) is 11.5. The van der Waals surface area contributed by atoms with Crippen LogP contribution in [0.15, 0.2) is 49.6 Å². The monoisotopic (exact) mass is 206 g/mol. The van der Waals surface area contributed by atoms with E-state index < -0.39 is 6.29 Å². The van der Waals surface area contributed by atoms with Gasteiger partial charge in [-0.1, -0.05) is 25.3 Å². The van der Waals surface area contributed by atoms with Crippen molar-refractivity contribution in [3.63, 3.8) is 0 Å². The third kappa shape index (κ3) is 3.87. The van der Waals surface area contributed by atoms with Gasteiger partial charge in [0.25, 0.3) is 0 Å². The van der Waals surface area contributed by atoms with E-state index in [1.807, 2.05) is 0 Å². The fourth-order valence-corrected chi connectivity index (χ4v) is 0.980. The van der Waals surface area contributed by atoms with Crippen LogP contribution in [0.2, 0.25) is 0 Å². The maximum Gasteiger partial charge on any atom is 0.216 e. The second kappa shape index (κ2) is 5.88. The summed E-state index contributed by atoms with van der Waals surface area (Å²) in [5, 5.41) is 9.18. The van der Waals surface area contributed by atoms with Crippen molar-refractivity contribution >= 4 is 0 Å². The molecule has 1 rings (SSSR count). The lowest BCUT2D eigenvalue weighted by Gasteiger charge is -2.10. The summed E-state index contributed by atoms with van der Waals surface area (Å²) in [5.41, 5.74) is 0. The van der Waals surface area contributed by atoms with Crippen LogP contribution in [0.25, 0.3) is 0 Å².